The summed E-state index contributed by atoms with van der Waals surface area (Å²) in [5, 5.41) is 10.4. The van der Waals surface area contributed by atoms with Crippen LogP contribution >= 0.6 is 0 Å². The number of aliphatic hydroxyl groups excluding tert-OH is 1. The van der Waals surface area contributed by atoms with E-state index < -0.39 is 6.10 Å². The minimum absolute atomic E-state index is 0.0825. The predicted molar refractivity (Wildman–Crippen MR) is 89.6 cm³/mol. The Hall–Kier alpha value is -1.39. The number of likely N-dealkylation sites (tertiary alicyclic amines) is 2. The van der Waals surface area contributed by atoms with Gasteiger partial charge in [-0.3, -0.25) is 9.69 Å². The molecule has 1 aromatic rings. The van der Waals surface area contributed by atoms with Gasteiger partial charge in [-0.05, 0) is 74.9 Å². The van der Waals surface area contributed by atoms with Crippen LogP contribution in [0.15, 0.2) is 18.2 Å². The lowest BCUT2D eigenvalue weighted by Crippen LogP contribution is -2.41. The van der Waals surface area contributed by atoms with Crippen molar-refractivity contribution in [1.29, 1.82) is 0 Å². The van der Waals surface area contributed by atoms with Crippen molar-refractivity contribution in [2.24, 2.45) is 0 Å². The Morgan fingerprint density at radius 2 is 1.74 bits per heavy atom. The zero-order valence-electron chi connectivity index (χ0n) is 13.7. The fourth-order valence-corrected chi connectivity index (χ4v) is 4.42. The van der Waals surface area contributed by atoms with Crippen LogP contribution in [-0.2, 0) is 12.8 Å². The van der Waals surface area contributed by atoms with Crippen molar-refractivity contribution in [3.63, 3.8) is 0 Å². The lowest BCUT2D eigenvalue weighted by Gasteiger charge is -2.25. The van der Waals surface area contributed by atoms with Crippen LogP contribution in [0, 0.1) is 0 Å². The van der Waals surface area contributed by atoms with E-state index in [2.05, 4.69) is 17.0 Å². The number of amides is 1. The first-order chi connectivity index (χ1) is 11.2. The molecule has 2 aliphatic heterocycles. The van der Waals surface area contributed by atoms with E-state index in [1.54, 1.807) is 0 Å². The fourth-order valence-electron chi connectivity index (χ4n) is 4.42. The summed E-state index contributed by atoms with van der Waals surface area (Å²) in [4.78, 5) is 17.0. The summed E-state index contributed by atoms with van der Waals surface area (Å²) >= 11 is 0. The van der Waals surface area contributed by atoms with Gasteiger partial charge in [0.25, 0.3) is 5.91 Å². The van der Waals surface area contributed by atoms with Crippen molar-refractivity contribution >= 4 is 5.91 Å². The normalized spacial score (nSPS) is 28.1. The molecule has 1 aliphatic carbocycles. The molecule has 0 spiro atoms. The minimum Gasteiger partial charge on any atom is -0.390 e. The molecule has 2 atom stereocenters. The lowest BCUT2D eigenvalue weighted by atomic mass is 9.90. The second-order valence-electron chi connectivity index (χ2n) is 7.28. The smallest absolute Gasteiger partial charge is 0.254 e. The molecular weight excluding hydrogens is 288 g/mol. The van der Waals surface area contributed by atoms with Crippen LogP contribution in [0.3, 0.4) is 0 Å². The molecule has 1 N–H and O–H groups in total. The molecular formula is C19H26N2O2. The van der Waals surface area contributed by atoms with E-state index in [4.69, 9.17) is 0 Å². The van der Waals surface area contributed by atoms with Crippen molar-refractivity contribution in [3.05, 3.63) is 34.9 Å². The summed E-state index contributed by atoms with van der Waals surface area (Å²) in [5.74, 6) is 0.0825. The molecule has 0 bridgehead atoms. The van der Waals surface area contributed by atoms with Crippen molar-refractivity contribution < 1.29 is 9.90 Å². The molecule has 3 aliphatic rings. The van der Waals surface area contributed by atoms with Gasteiger partial charge in [0.2, 0.25) is 0 Å². The molecule has 4 rings (SSSR count). The molecule has 2 heterocycles. The molecule has 0 radical (unpaired) electrons. The Kier molecular flexibility index (Phi) is 4.12. The Balaban J connectivity index is 1.48. The van der Waals surface area contributed by atoms with Crippen molar-refractivity contribution in [2.45, 2.75) is 50.7 Å². The zero-order chi connectivity index (χ0) is 15.8. The maximum atomic E-state index is 12.8. The van der Waals surface area contributed by atoms with Gasteiger partial charge in [0, 0.05) is 18.7 Å². The molecule has 4 nitrogen and oxygen atoms in total. The van der Waals surface area contributed by atoms with Crippen LogP contribution < -0.4 is 0 Å². The van der Waals surface area contributed by atoms with Crippen LogP contribution in [0.5, 0.6) is 0 Å². The maximum Gasteiger partial charge on any atom is 0.254 e. The van der Waals surface area contributed by atoms with Crippen LogP contribution in [0.25, 0.3) is 0 Å². The minimum atomic E-state index is -0.408. The van der Waals surface area contributed by atoms with Crippen LogP contribution in [0.2, 0.25) is 0 Å². The highest BCUT2D eigenvalue weighted by molar-refractivity contribution is 5.94. The highest BCUT2D eigenvalue weighted by atomic mass is 16.3. The average Bonchev–Trinajstić information content (AvgIpc) is 3.23. The number of rotatable bonds is 2. The third kappa shape index (κ3) is 2.90. The number of carbonyl (C=O) groups excluding carboxylic acids is 1. The predicted octanol–water partition coefficient (Wildman–Crippen LogP) is 1.85. The van der Waals surface area contributed by atoms with E-state index >= 15 is 0 Å². The number of hydrogen-bond donors (Lipinski definition) is 1. The van der Waals surface area contributed by atoms with Gasteiger partial charge >= 0.3 is 0 Å². The highest BCUT2D eigenvalue weighted by Gasteiger charge is 2.38. The second-order valence-corrected chi connectivity index (χ2v) is 7.28. The summed E-state index contributed by atoms with van der Waals surface area (Å²) in [6, 6.07) is 6.32. The van der Waals surface area contributed by atoms with Gasteiger partial charge in [0.1, 0.15) is 0 Å². The number of carbonyl (C=O) groups is 1. The zero-order valence-corrected chi connectivity index (χ0v) is 13.7. The number of nitrogens with zero attached hydrogens (tertiary/aromatic N) is 2. The number of aryl methyl sites for hydroxylation is 2. The Morgan fingerprint density at radius 3 is 2.52 bits per heavy atom. The Morgan fingerprint density at radius 1 is 1.00 bits per heavy atom. The number of aliphatic hydroxyl groups is 1. The summed E-state index contributed by atoms with van der Waals surface area (Å²) in [5.41, 5.74) is 3.54. The van der Waals surface area contributed by atoms with Crippen LogP contribution in [0.1, 0.15) is 47.2 Å². The first-order valence-corrected chi connectivity index (χ1v) is 9.05. The molecule has 0 unspecified atom stereocenters. The first-order valence-electron chi connectivity index (χ1n) is 9.05. The van der Waals surface area contributed by atoms with Gasteiger partial charge in [-0.15, -0.1) is 0 Å². The number of hydrogen-bond acceptors (Lipinski definition) is 3. The Bertz CT molecular complexity index is 595. The highest BCUT2D eigenvalue weighted by Crippen LogP contribution is 2.25. The number of fused-ring (bicyclic) bond motifs is 1. The topological polar surface area (TPSA) is 43.8 Å². The van der Waals surface area contributed by atoms with Gasteiger partial charge < -0.3 is 10.0 Å². The quantitative estimate of drug-likeness (QED) is 0.906. The number of benzene rings is 1. The van der Waals surface area contributed by atoms with Gasteiger partial charge in [-0.1, -0.05) is 6.07 Å². The summed E-state index contributed by atoms with van der Waals surface area (Å²) in [6.07, 6.45) is 6.73. The van der Waals surface area contributed by atoms with Gasteiger partial charge in [0.05, 0.1) is 12.1 Å². The van der Waals surface area contributed by atoms with Crippen molar-refractivity contribution in [3.8, 4) is 0 Å². The molecule has 4 heteroatoms. The summed E-state index contributed by atoms with van der Waals surface area (Å²) in [7, 11) is 0. The van der Waals surface area contributed by atoms with Gasteiger partial charge in [-0.2, -0.15) is 0 Å². The molecule has 124 valence electrons. The average molecular weight is 314 g/mol. The third-order valence-electron chi connectivity index (χ3n) is 5.75. The molecule has 23 heavy (non-hydrogen) atoms. The standard InChI is InChI=1S/C19H26N2O2/c22-18-13-21(12-17(18)20-9-3-4-10-20)19(23)16-8-7-14-5-1-2-6-15(14)11-16/h7-8,11,17-18,22H,1-6,9-10,12-13H2/t17-,18-/m1/s1. The fraction of sp³-hybridized carbons (Fsp3) is 0.632. The lowest BCUT2D eigenvalue weighted by molar-refractivity contribution is 0.0763. The van der Waals surface area contributed by atoms with Crippen LogP contribution in [-0.4, -0.2) is 59.1 Å². The molecule has 1 amide bonds. The van der Waals surface area contributed by atoms with E-state index in [-0.39, 0.29) is 11.9 Å². The largest absolute Gasteiger partial charge is 0.390 e. The summed E-state index contributed by atoms with van der Waals surface area (Å²) in [6.45, 7) is 3.25. The summed E-state index contributed by atoms with van der Waals surface area (Å²) < 4.78 is 0. The van der Waals surface area contributed by atoms with E-state index in [1.807, 2.05) is 11.0 Å². The third-order valence-corrected chi connectivity index (χ3v) is 5.75. The van der Waals surface area contributed by atoms with Gasteiger partial charge in [0.15, 0.2) is 0 Å². The van der Waals surface area contributed by atoms with E-state index in [0.717, 1.165) is 31.5 Å². The SMILES string of the molecule is O=C(c1ccc2c(c1)CCCC2)N1C[C@@H](O)[C@H](N2CCCC2)C1. The molecule has 1 aromatic carbocycles. The molecule has 2 fully saturated rings. The van der Waals surface area contributed by atoms with E-state index in [9.17, 15) is 9.90 Å². The Labute approximate surface area is 138 Å². The van der Waals surface area contributed by atoms with E-state index in [1.165, 1.54) is 36.8 Å². The monoisotopic (exact) mass is 314 g/mol. The first kappa shape index (κ1) is 15.2. The maximum absolute atomic E-state index is 12.8. The van der Waals surface area contributed by atoms with E-state index in [0.29, 0.717) is 13.1 Å². The van der Waals surface area contributed by atoms with Crippen molar-refractivity contribution in [1.82, 2.24) is 9.80 Å². The second kappa shape index (κ2) is 6.25. The molecule has 2 saturated heterocycles. The van der Waals surface area contributed by atoms with Gasteiger partial charge in [-0.25, -0.2) is 0 Å². The number of β-amino-alcohol motifs (C(OH)–C–C–N with tert-alkyl or cyclic N) is 1. The molecule has 0 aromatic heterocycles. The van der Waals surface area contributed by atoms with Crippen molar-refractivity contribution in [2.75, 3.05) is 26.2 Å². The molecule has 0 saturated carbocycles. The van der Waals surface area contributed by atoms with Crippen LogP contribution in [0.4, 0.5) is 0 Å².